The molecule has 2 aliphatic rings. The molecule has 1 N–H and O–H groups in total. The van der Waals surface area contributed by atoms with Crippen molar-refractivity contribution < 1.29 is 4.79 Å². The van der Waals surface area contributed by atoms with Crippen molar-refractivity contribution in [2.75, 3.05) is 12.4 Å². The number of nitrogens with zero attached hydrogens (tertiary/aromatic N) is 6. The standard InChI is InChI=1S/C24H25N7O/c1-15(2)16-9-23(26-10-16)29-22-6-5-20-21(28-22)8-17(11-25-20)18-12-27-31(13-18)14-19-4-7-24(32)30(19)3/h5-6,8-9,11-13,15,19H,4,7,14H2,1-3H3,(H,28,29)/t19-/m0/s1. The van der Waals surface area contributed by atoms with Crippen LogP contribution in [0.25, 0.3) is 22.2 Å². The molecule has 0 radical (unpaired) electrons. The fourth-order valence-corrected chi connectivity index (χ4v) is 3.97. The van der Waals surface area contributed by atoms with E-state index >= 15 is 0 Å². The SMILES string of the molecule is CC(C)C1=C=NC(Nc2ccc3ncc(-c4cnn(C[C@@H]5CCC(=O)N5C)c4)cc3n2)=C1. The van der Waals surface area contributed by atoms with Crippen LogP contribution in [0.3, 0.4) is 0 Å². The molecule has 2 aliphatic heterocycles. The van der Waals surface area contributed by atoms with Gasteiger partial charge in [0, 0.05) is 42.6 Å². The summed E-state index contributed by atoms with van der Waals surface area (Å²) in [6.45, 7) is 4.93. The van der Waals surface area contributed by atoms with Crippen LogP contribution in [0.15, 0.2) is 59.3 Å². The number of aromatic nitrogens is 4. The van der Waals surface area contributed by atoms with Gasteiger partial charge in [-0.3, -0.25) is 14.5 Å². The quantitative estimate of drug-likeness (QED) is 0.649. The Morgan fingerprint density at radius 2 is 2.09 bits per heavy atom. The largest absolute Gasteiger partial charge is 0.341 e. The number of likely N-dealkylation sites (tertiary alicyclic amines) is 1. The second-order valence-electron chi connectivity index (χ2n) is 8.60. The number of hydrogen-bond acceptors (Lipinski definition) is 6. The van der Waals surface area contributed by atoms with Gasteiger partial charge in [-0.1, -0.05) is 13.8 Å². The summed E-state index contributed by atoms with van der Waals surface area (Å²) in [6.07, 6.45) is 9.15. The average Bonchev–Trinajstić information content (AvgIpc) is 3.51. The minimum absolute atomic E-state index is 0.193. The lowest BCUT2D eigenvalue weighted by atomic mass is 10.1. The van der Waals surface area contributed by atoms with Gasteiger partial charge in [0.15, 0.2) is 0 Å². The summed E-state index contributed by atoms with van der Waals surface area (Å²) in [5.74, 6) is 5.07. The van der Waals surface area contributed by atoms with Crippen molar-refractivity contribution in [2.45, 2.75) is 39.3 Å². The molecule has 1 amide bonds. The minimum atomic E-state index is 0.193. The summed E-state index contributed by atoms with van der Waals surface area (Å²) < 4.78 is 1.90. The smallest absolute Gasteiger partial charge is 0.222 e. The number of pyridine rings is 2. The molecule has 8 nitrogen and oxygen atoms in total. The van der Waals surface area contributed by atoms with Crippen molar-refractivity contribution in [3.63, 3.8) is 0 Å². The van der Waals surface area contributed by atoms with E-state index in [9.17, 15) is 4.79 Å². The monoisotopic (exact) mass is 427 g/mol. The highest BCUT2D eigenvalue weighted by atomic mass is 16.2. The van der Waals surface area contributed by atoms with Gasteiger partial charge < -0.3 is 10.2 Å². The molecule has 1 atom stereocenters. The number of aliphatic imine (C=N–C) groups is 1. The zero-order valence-electron chi connectivity index (χ0n) is 18.4. The molecule has 3 aromatic heterocycles. The van der Waals surface area contributed by atoms with E-state index < -0.39 is 0 Å². The number of carbonyl (C=O) groups excluding carboxylic acids is 1. The predicted molar refractivity (Wildman–Crippen MR) is 124 cm³/mol. The highest BCUT2D eigenvalue weighted by molar-refractivity contribution is 5.82. The molecular formula is C24H25N7O. The van der Waals surface area contributed by atoms with Crippen molar-refractivity contribution >= 4 is 28.6 Å². The average molecular weight is 428 g/mol. The number of hydrogen-bond donors (Lipinski definition) is 1. The van der Waals surface area contributed by atoms with E-state index in [0.717, 1.165) is 40.0 Å². The second kappa shape index (κ2) is 8.05. The number of anilines is 1. The van der Waals surface area contributed by atoms with Crippen LogP contribution in [0, 0.1) is 5.92 Å². The molecule has 1 fully saturated rings. The van der Waals surface area contributed by atoms with Gasteiger partial charge in [-0.2, -0.15) is 10.1 Å². The van der Waals surface area contributed by atoms with Gasteiger partial charge in [0.2, 0.25) is 5.91 Å². The van der Waals surface area contributed by atoms with E-state index in [4.69, 9.17) is 4.98 Å². The van der Waals surface area contributed by atoms with E-state index in [2.05, 4.69) is 40.1 Å². The lowest BCUT2D eigenvalue weighted by Crippen LogP contribution is -2.32. The Morgan fingerprint density at radius 3 is 2.84 bits per heavy atom. The Morgan fingerprint density at radius 1 is 1.22 bits per heavy atom. The second-order valence-corrected chi connectivity index (χ2v) is 8.60. The summed E-state index contributed by atoms with van der Waals surface area (Å²) in [5, 5.41) is 7.74. The Kier molecular flexibility index (Phi) is 5.07. The van der Waals surface area contributed by atoms with Crippen LogP contribution < -0.4 is 5.32 Å². The minimum Gasteiger partial charge on any atom is -0.341 e. The molecule has 5 heterocycles. The molecule has 0 bridgehead atoms. The number of rotatable bonds is 6. The summed E-state index contributed by atoms with van der Waals surface area (Å²) in [7, 11) is 1.86. The number of nitrogens with one attached hydrogen (secondary N) is 1. The number of carbonyl (C=O) groups is 1. The van der Waals surface area contributed by atoms with Gasteiger partial charge in [-0.25, -0.2) is 4.98 Å². The van der Waals surface area contributed by atoms with Crippen molar-refractivity contribution in [1.82, 2.24) is 24.6 Å². The number of fused-ring (bicyclic) bond motifs is 1. The maximum absolute atomic E-state index is 11.8. The lowest BCUT2D eigenvalue weighted by molar-refractivity contribution is -0.127. The molecule has 0 saturated carbocycles. The van der Waals surface area contributed by atoms with Crippen molar-refractivity contribution in [2.24, 2.45) is 10.9 Å². The van der Waals surface area contributed by atoms with Crippen LogP contribution >= 0.6 is 0 Å². The van der Waals surface area contributed by atoms with Crippen molar-refractivity contribution in [1.29, 1.82) is 0 Å². The van der Waals surface area contributed by atoms with E-state index in [1.165, 1.54) is 0 Å². The molecule has 0 aliphatic carbocycles. The summed E-state index contributed by atoms with van der Waals surface area (Å²) in [4.78, 5) is 27.2. The first-order valence-electron chi connectivity index (χ1n) is 10.8. The third-order valence-corrected chi connectivity index (χ3v) is 6.01. The van der Waals surface area contributed by atoms with Crippen molar-refractivity contribution in [3.05, 3.63) is 54.3 Å². The molecule has 0 aromatic carbocycles. The maximum Gasteiger partial charge on any atom is 0.222 e. The number of amides is 1. The number of allylic oxidation sites excluding steroid dienone is 2. The Balaban J connectivity index is 1.34. The van der Waals surface area contributed by atoms with Crippen LogP contribution in [-0.4, -0.2) is 49.5 Å². The van der Waals surface area contributed by atoms with Gasteiger partial charge in [0.25, 0.3) is 0 Å². The van der Waals surface area contributed by atoms with Crippen LogP contribution in [0.1, 0.15) is 26.7 Å². The Hall–Kier alpha value is -3.77. The third kappa shape index (κ3) is 3.92. The summed E-state index contributed by atoms with van der Waals surface area (Å²) in [5.41, 5.74) is 4.61. The number of likely N-dealkylation sites (N-methyl/N-ethyl adjacent to an activating group) is 1. The summed E-state index contributed by atoms with van der Waals surface area (Å²) in [6, 6.07) is 6.06. The van der Waals surface area contributed by atoms with Gasteiger partial charge in [-0.05, 0) is 42.5 Å². The van der Waals surface area contributed by atoms with Gasteiger partial charge >= 0.3 is 0 Å². The van der Waals surface area contributed by atoms with Gasteiger partial charge in [-0.15, -0.1) is 0 Å². The third-order valence-electron chi connectivity index (χ3n) is 6.01. The van der Waals surface area contributed by atoms with Gasteiger partial charge in [0.1, 0.15) is 11.6 Å². The molecule has 8 heteroatoms. The topological polar surface area (TPSA) is 88.3 Å². The van der Waals surface area contributed by atoms with Crippen molar-refractivity contribution in [3.8, 4) is 11.1 Å². The highest BCUT2D eigenvalue weighted by Crippen LogP contribution is 2.25. The fraction of sp³-hybridized carbons (Fsp3) is 0.333. The predicted octanol–water partition coefficient (Wildman–Crippen LogP) is 3.63. The van der Waals surface area contributed by atoms with E-state index in [-0.39, 0.29) is 11.9 Å². The molecule has 32 heavy (non-hydrogen) atoms. The fourth-order valence-electron chi connectivity index (χ4n) is 3.97. The van der Waals surface area contributed by atoms with E-state index in [1.807, 2.05) is 59.5 Å². The highest BCUT2D eigenvalue weighted by Gasteiger charge is 2.27. The first-order valence-corrected chi connectivity index (χ1v) is 10.8. The normalized spacial score (nSPS) is 18.1. The maximum atomic E-state index is 11.8. The van der Waals surface area contributed by atoms with Gasteiger partial charge in [0.05, 0.1) is 29.8 Å². The lowest BCUT2D eigenvalue weighted by Gasteiger charge is -2.19. The zero-order chi connectivity index (χ0) is 22.2. The van der Waals surface area contributed by atoms with Crippen LogP contribution in [0.2, 0.25) is 0 Å². The summed E-state index contributed by atoms with van der Waals surface area (Å²) >= 11 is 0. The molecule has 0 unspecified atom stereocenters. The molecule has 1 saturated heterocycles. The molecular weight excluding hydrogens is 402 g/mol. The van der Waals surface area contributed by atoms with Crippen LogP contribution in [0.4, 0.5) is 5.82 Å². The molecule has 3 aromatic rings. The first-order chi connectivity index (χ1) is 15.5. The molecule has 5 rings (SSSR count). The van der Waals surface area contributed by atoms with E-state index in [0.29, 0.717) is 24.7 Å². The van der Waals surface area contributed by atoms with Crippen LogP contribution in [-0.2, 0) is 11.3 Å². The molecule has 0 spiro atoms. The Labute approximate surface area is 186 Å². The Bertz CT molecular complexity index is 1300. The molecule has 162 valence electrons. The zero-order valence-corrected chi connectivity index (χ0v) is 18.4. The first kappa shape index (κ1) is 20.2. The van der Waals surface area contributed by atoms with Crippen LogP contribution in [0.5, 0.6) is 0 Å². The van der Waals surface area contributed by atoms with E-state index in [1.54, 1.807) is 0 Å².